The van der Waals surface area contributed by atoms with Gasteiger partial charge in [-0.3, -0.25) is 4.98 Å². The van der Waals surface area contributed by atoms with Gasteiger partial charge in [0.1, 0.15) is 0 Å². The summed E-state index contributed by atoms with van der Waals surface area (Å²) in [7, 11) is -3.57. The van der Waals surface area contributed by atoms with Crippen LogP contribution in [0.25, 0.3) is 11.3 Å². The summed E-state index contributed by atoms with van der Waals surface area (Å²) in [5, 5.41) is 0. The van der Waals surface area contributed by atoms with E-state index >= 15 is 0 Å². The lowest BCUT2D eigenvalue weighted by Gasteiger charge is -2.10. The highest BCUT2D eigenvalue weighted by Crippen LogP contribution is 2.30. The second kappa shape index (κ2) is 5.73. The van der Waals surface area contributed by atoms with Gasteiger partial charge in [0, 0.05) is 11.8 Å². The number of hydrogen-bond donors (Lipinski definition) is 0. The Labute approximate surface area is 130 Å². The maximum atomic E-state index is 12.9. The average molecular weight is 309 g/mol. The molecule has 1 aromatic heterocycles. The molecular formula is C18H15NO2S. The van der Waals surface area contributed by atoms with Crippen molar-refractivity contribution in [1.29, 1.82) is 0 Å². The Morgan fingerprint density at radius 2 is 1.50 bits per heavy atom. The lowest BCUT2D eigenvalue weighted by molar-refractivity contribution is 0.596. The number of sulfone groups is 1. The summed E-state index contributed by atoms with van der Waals surface area (Å²) in [5.41, 5.74) is 2.29. The Morgan fingerprint density at radius 3 is 2.18 bits per heavy atom. The second-order valence-corrected chi connectivity index (χ2v) is 6.95. The summed E-state index contributed by atoms with van der Waals surface area (Å²) in [5.74, 6) is 0. The van der Waals surface area contributed by atoms with Crippen LogP contribution < -0.4 is 0 Å². The molecule has 0 spiro atoms. The van der Waals surface area contributed by atoms with Crippen LogP contribution in [0, 0.1) is 6.92 Å². The molecule has 2 aromatic carbocycles. The molecule has 0 aliphatic rings. The molecule has 0 N–H and O–H groups in total. The third-order valence-electron chi connectivity index (χ3n) is 3.45. The normalized spacial score (nSPS) is 11.3. The fraction of sp³-hybridized carbons (Fsp3) is 0.0556. The molecule has 0 aliphatic heterocycles. The van der Waals surface area contributed by atoms with Gasteiger partial charge in [0.25, 0.3) is 0 Å². The first kappa shape index (κ1) is 14.5. The molecule has 22 heavy (non-hydrogen) atoms. The zero-order chi connectivity index (χ0) is 15.6. The van der Waals surface area contributed by atoms with Gasteiger partial charge in [-0.2, -0.15) is 0 Å². The van der Waals surface area contributed by atoms with Crippen molar-refractivity contribution in [2.45, 2.75) is 16.7 Å². The third-order valence-corrected chi connectivity index (χ3v) is 5.28. The highest BCUT2D eigenvalue weighted by Gasteiger charge is 2.21. The van der Waals surface area contributed by atoms with Gasteiger partial charge in [0.05, 0.1) is 15.5 Å². The Morgan fingerprint density at radius 1 is 0.818 bits per heavy atom. The molecule has 3 aromatic rings. The van der Waals surface area contributed by atoms with Crippen LogP contribution in [0.1, 0.15) is 5.56 Å². The minimum atomic E-state index is -3.57. The summed E-state index contributed by atoms with van der Waals surface area (Å²) in [6, 6.07) is 19.3. The Kier molecular flexibility index (Phi) is 3.77. The van der Waals surface area contributed by atoms with Gasteiger partial charge < -0.3 is 0 Å². The highest BCUT2D eigenvalue weighted by atomic mass is 32.2. The molecular weight excluding hydrogens is 294 g/mol. The van der Waals surface area contributed by atoms with Crippen molar-refractivity contribution in [3.63, 3.8) is 0 Å². The first-order chi connectivity index (χ1) is 10.6. The van der Waals surface area contributed by atoms with Crippen LogP contribution in [0.4, 0.5) is 0 Å². The Hall–Kier alpha value is -2.46. The molecule has 110 valence electrons. The van der Waals surface area contributed by atoms with E-state index in [1.165, 1.54) is 0 Å². The van der Waals surface area contributed by atoms with Crippen molar-refractivity contribution in [3.8, 4) is 11.3 Å². The molecule has 3 rings (SSSR count). The molecule has 0 radical (unpaired) electrons. The molecule has 0 bridgehead atoms. The molecule has 0 amide bonds. The van der Waals surface area contributed by atoms with E-state index in [0.717, 1.165) is 5.56 Å². The first-order valence-electron chi connectivity index (χ1n) is 6.91. The molecule has 3 nitrogen and oxygen atoms in total. The van der Waals surface area contributed by atoms with Crippen LogP contribution in [-0.4, -0.2) is 13.4 Å². The number of benzene rings is 2. The molecule has 0 unspecified atom stereocenters. The van der Waals surface area contributed by atoms with E-state index in [1.807, 2.05) is 25.1 Å². The van der Waals surface area contributed by atoms with Gasteiger partial charge in [-0.1, -0.05) is 42.0 Å². The topological polar surface area (TPSA) is 47.0 Å². The fourth-order valence-electron chi connectivity index (χ4n) is 2.28. The first-order valence-corrected chi connectivity index (χ1v) is 8.39. The SMILES string of the molecule is Cc1ccc(S(=O)(=O)c2ccccc2-c2ccccn2)cc1. The molecule has 4 heteroatoms. The lowest BCUT2D eigenvalue weighted by atomic mass is 10.1. The minimum Gasteiger partial charge on any atom is -0.256 e. The van der Waals surface area contributed by atoms with Crippen molar-refractivity contribution >= 4 is 9.84 Å². The molecule has 0 fully saturated rings. The zero-order valence-corrected chi connectivity index (χ0v) is 12.9. The van der Waals surface area contributed by atoms with Gasteiger partial charge in [0.2, 0.25) is 9.84 Å². The van der Waals surface area contributed by atoms with Crippen molar-refractivity contribution in [2.75, 3.05) is 0 Å². The monoisotopic (exact) mass is 309 g/mol. The summed E-state index contributed by atoms with van der Waals surface area (Å²) in [6.07, 6.45) is 1.66. The summed E-state index contributed by atoms with van der Waals surface area (Å²) >= 11 is 0. The number of pyridine rings is 1. The number of aromatic nitrogens is 1. The van der Waals surface area contributed by atoms with E-state index < -0.39 is 9.84 Å². The quantitative estimate of drug-likeness (QED) is 0.737. The van der Waals surface area contributed by atoms with Crippen LogP contribution >= 0.6 is 0 Å². The van der Waals surface area contributed by atoms with Gasteiger partial charge in [-0.25, -0.2) is 8.42 Å². The Bertz CT molecular complexity index is 886. The minimum absolute atomic E-state index is 0.276. The maximum absolute atomic E-state index is 12.9. The van der Waals surface area contributed by atoms with Gasteiger partial charge in [0.15, 0.2) is 0 Å². The summed E-state index contributed by atoms with van der Waals surface area (Å²) in [6.45, 7) is 1.93. The largest absolute Gasteiger partial charge is 0.256 e. The number of hydrogen-bond acceptors (Lipinski definition) is 3. The summed E-state index contributed by atoms with van der Waals surface area (Å²) in [4.78, 5) is 4.84. The maximum Gasteiger partial charge on any atom is 0.207 e. The predicted octanol–water partition coefficient (Wildman–Crippen LogP) is 3.89. The van der Waals surface area contributed by atoms with Crippen LogP contribution in [0.5, 0.6) is 0 Å². The number of nitrogens with zero attached hydrogens (tertiary/aromatic N) is 1. The van der Waals surface area contributed by atoms with Gasteiger partial charge in [-0.15, -0.1) is 0 Å². The molecule has 0 atom stereocenters. The highest BCUT2D eigenvalue weighted by molar-refractivity contribution is 7.91. The van der Waals surface area contributed by atoms with E-state index in [4.69, 9.17) is 0 Å². The van der Waals surface area contributed by atoms with Crippen molar-refractivity contribution in [1.82, 2.24) is 4.98 Å². The average Bonchev–Trinajstić information content (AvgIpc) is 2.56. The standard InChI is InChI=1S/C18H15NO2S/c1-14-9-11-15(12-10-14)22(20,21)18-8-3-2-6-16(18)17-7-4-5-13-19-17/h2-13H,1H3. The van der Waals surface area contributed by atoms with E-state index in [1.54, 1.807) is 54.7 Å². The van der Waals surface area contributed by atoms with Crippen LogP contribution in [0.15, 0.2) is 82.7 Å². The third kappa shape index (κ3) is 2.65. The van der Waals surface area contributed by atoms with Crippen molar-refractivity contribution in [2.24, 2.45) is 0 Å². The molecule has 0 aliphatic carbocycles. The van der Waals surface area contributed by atoms with Crippen molar-refractivity contribution in [3.05, 3.63) is 78.5 Å². The second-order valence-electron chi connectivity index (χ2n) is 5.03. The Balaban J connectivity index is 2.18. The van der Waals surface area contributed by atoms with Gasteiger partial charge >= 0.3 is 0 Å². The molecule has 0 saturated heterocycles. The van der Waals surface area contributed by atoms with E-state index in [-0.39, 0.29) is 4.90 Å². The lowest BCUT2D eigenvalue weighted by Crippen LogP contribution is -2.04. The van der Waals surface area contributed by atoms with Gasteiger partial charge in [-0.05, 0) is 37.3 Å². The molecule has 0 saturated carbocycles. The predicted molar refractivity (Wildman–Crippen MR) is 86.3 cm³/mol. The van der Waals surface area contributed by atoms with E-state index in [2.05, 4.69) is 4.98 Å². The zero-order valence-electron chi connectivity index (χ0n) is 12.1. The van der Waals surface area contributed by atoms with E-state index in [9.17, 15) is 8.42 Å². The van der Waals surface area contributed by atoms with Crippen LogP contribution in [0.2, 0.25) is 0 Å². The van der Waals surface area contributed by atoms with Crippen LogP contribution in [0.3, 0.4) is 0 Å². The number of aryl methyl sites for hydroxylation is 1. The summed E-state index contributed by atoms with van der Waals surface area (Å²) < 4.78 is 25.8. The smallest absolute Gasteiger partial charge is 0.207 e. The number of rotatable bonds is 3. The van der Waals surface area contributed by atoms with E-state index in [0.29, 0.717) is 16.2 Å². The van der Waals surface area contributed by atoms with Crippen LogP contribution in [-0.2, 0) is 9.84 Å². The molecule has 1 heterocycles. The van der Waals surface area contributed by atoms with Crippen molar-refractivity contribution < 1.29 is 8.42 Å². The fourth-order valence-corrected chi connectivity index (χ4v) is 3.75.